The van der Waals surface area contributed by atoms with Gasteiger partial charge in [-0.3, -0.25) is 10.2 Å². The average Bonchev–Trinajstić information content (AvgIpc) is 3.47. The van der Waals surface area contributed by atoms with Gasteiger partial charge in [-0.25, -0.2) is 4.99 Å². The Morgan fingerprint density at radius 1 is 1.02 bits per heavy atom. The van der Waals surface area contributed by atoms with Gasteiger partial charge in [0.05, 0.1) is 28.7 Å². The van der Waals surface area contributed by atoms with Crippen molar-refractivity contribution in [3.8, 4) is 17.2 Å². The molecule has 0 radical (unpaired) electrons. The summed E-state index contributed by atoms with van der Waals surface area (Å²) in [6.45, 7) is 5.49. The second kappa shape index (κ2) is 9.80. The van der Waals surface area contributed by atoms with E-state index in [2.05, 4.69) is 32.4 Å². The number of rotatable bonds is 4. The summed E-state index contributed by atoms with van der Waals surface area (Å²) in [5.41, 5.74) is 11.4. The molecular formula is C30H25N7O3. The number of fused-ring (bicyclic) bond motifs is 1. The third-order valence-electron chi connectivity index (χ3n) is 6.89. The predicted octanol–water partition coefficient (Wildman–Crippen LogP) is 4.30. The van der Waals surface area contributed by atoms with Gasteiger partial charge in [-0.2, -0.15) is 15.7 Å². The van der Waals surface area contributed by atoms with E-state index in [4.69, 9.17) is 14.3 Å². The molecule has 198 valence electrons. The van der Waals surface area contributed by atoms with Crippen LogP contribution in [0.25, 0.3) is 11.1 Å². The van der Waals surface area contributed by atoms with E-state index in [0.717, 1.165) is 27.8 Å². The van der Waals surface area contributed by atoms with Crippen molar-refractivity contribution in [2.45, 2.75) is 32.7 Å². The van der Waals surface area contributed by atoms with Crippen molar-refractivity contribution in [2.75, 3.05) is 5.32 Å². The van der Waals surface area contributed by atoms with E-state index < -0.39 is 11.9 Å². The lowest BCUT2D eigenvalue weighted by Crippen LogP contribution is -2.40. The second-order valence-corrected chi connectivity index (χ2v) is 9.64. The minimum Gasteiger partial charge on any atom is -0.437 e. The second-order valence-electron chi connectivity index (χ2n) is 9.64. The fourth-order valence-corrected chi connectivity index (χ4v) is 4.97. The summed E-state index contributed by atoms with van der Waals surface area (Å²) in [5.74, 6) is 0.231. The molecule has 6 rings (SSSR count). The van der Waals surface area contributed by atoms with Crippen molar-refractivity contribution in [1.82, 2.24) is 16.0 Å². The zero-order valence-corrected chi connectivity index (χ0v) is 22.0. The third kappa shape index (κ3) is 4.38. The molecule has 0 aliphatic carbocycles. The largest absolute Gasteiger partial charge is 0.437 e. The summed E-state index contributed by atoms with van der Waals surface area (Å²) < 4.78 is 11.7. The Bertz CT molecular complexity index is 1720. The van der Waals surface area contributed by atoms with Crippen LogP contribution in [-0.2, 0) is 15.3 Å². The number of aliphatic imine (C=N–C) groups is 2. The van der Waals surface area contributed by atoms with Gasteiger partial charge in [-0.05, 0) is 44.5 Å². The van der Waals surface area contributed by atoms with Crippen molar-refractivity contribution in [2.24, 2.45) is 9.98 Å². The smallest absolute Gasteiger partial charge is 0.304 e. The summed E-state index contributed by atoms with van der Waals surface area (Å²) >= 11 is 0. The number of anilines is 1. The zero-order valence-electron chi connectivity index (χ0n) is 22.0. The topological polar surface area (TPSA) is 137 Å². The molecule has 10 heteroatoms. The molecule has 40 heavy (non-hydrogen) atoms. The number of aryl methyl sites for hydroxylation is 2. The highest BCUT2D eigenvalue weighted by atomic mass is 16.6. The average molecular weight is 532 g/mol. The van der Waals surface area contributed by atoms with Gasteiger partial charge in [0.25, 0.3) is 5.91 Å². The molecule has 1 unspecified atom stereocenters. The molecule has 3 N–H and O–H groups in total. The molecule has 2 aliphatic heterocycles. The molecule has 3 heterocycles. The Morgan fingerprint density at radius 2 is 1.80 bits per heavy atom. The fraction of sp³-hybridized carbons (Fsp3) is 0.167. The number of amidine groups is 1. The van der Waals surface area contributed by atoms with Crippen molar-refractivity contribution in [1.29, 1.82) is 5.26 Å². The molecule has 2 atom stereocenters. The molecule has 1 aromatic heterocycles. The predicted molar refractivity (Wildman–Crippen MR) is 149 cm³/mol. The Kier molecular flexibility index (Phi) is 6.13. The number of benzene rings is 3. The highest BCUT2D eigenvalue weighted by Gasteiger charge is 2.40. The number of benzodiazepines with no additional fused rings is 1. The maximum atomic E-state index is 13.3. The summed E-state index contributed by atoms with van der Waals surface area (Å²) in [5, 5.41) is 16.6. The quantitative estimate of drug-likeness (QED) is 0.357. The first-order chi connectivity index (χ1) is 19.4. The van der Waals surface area contributed by atoms with E-state index in [1.165, 1.54) is 0 Å². The van der Waals surface area contributed by atoms with Gasteiger partial charge in [-0.1, -0.05) is 59.8 Å². The van der Waals surface area contributed by atoms with E-state index in [1.807, 2.05) is 81.4 Å². The number of hydrogen-bond donors (Lipinski definition) is 3. The first kappa shape index (κ1) is 25.0. The minimum atomic E-state index is -1.11. The van der Waals surface area contributed by atoms with Gasteiger partial charge in [0.1, 0.15) is 5.76 Å². The Morgan fingerprint density at radius 3 is 2.55 bits per heavy atom. The number of nitriles is 1. The Balaban J connectivity index is 1.38. The molecule has 0 spiro atoms. The first-order valence-corrected chi connectivity index (χ1v) is 12.7. The third-order valence-corrected chi connectivity index (χ3v) is 6.89. The van der Waals surface area contributed by atoms with E-state index in [-0.39, 0.29) is 11.9 Å². The molecule has 1 saturated heterocycles. The lowest BCUT2D eigenvalue weighted by atomic mass is 9.91. The van der Waals surface area contributed by atoms with Crippen LogP contribution < -0.4 is 16.2 Å². The summed E-state index contributed by atoms with van der Waals surface area (Å²) in [4.78, 5) is 22.6. The molecule has 0 saturated carbocycles. The van der Waals surface area contributed by atoms with Gasteiger partial charge in [-0.15, -0.1) is 0 Å². The number of carbonyl (C=O) groups excluding carboxylic acids is 1. The summed E-state index contributed by atoms with van der Waals surface area (Å²) in [6.07, 6.45) is -1.11. The van der Waals surface area contributed by atoms with Crippen LogP contribution in [0.5, 0.6) is 0 Å². The van der Waals surface area contributed by atoms with Crippen LogP contribution in [0.3, 0.4) is 0 Å². The van der Waals surface area contributed by atoms with Crippen molar-refractivity contribution >= 4 is 23.3 Å². The van der Waals surface area contributed by atoms with E-state index >= 15 is 0 Å². The van der Waals surface area contributed by atoms with Gasteiger partial charge in [0.2, 0.25) is 11.9 Å². The highest BCUT2D eigenvalue weighted by Crippen LogP contribution is 2.38. The number of hydrogen-bond acceptors (Lipinski definition) is 8. The number of para-hydroxylation sites is 1. The molecule has 2 aliphatic rings. The molecular weight excluding hydrogens is 506 g/mol. The number of nitrogens with zero attached hydrogens (tertiary/aromatic N) is 4. The van der Waals surface area contributed by atoms with Gasteiger partial charge < -0.3 is 14.6 Å². The molecule has 10 nitrogen and oxygen atoms in total. The van der Waals surface area contributed by atoms with Gasteiger partial charge in [0, 0.05) is 22.3 Å². The molecule has 0 bridgehead atoms. The van der Waals surface area contributed by atoms with Crippen LogP contribution in [0.4, 0.5) is 5.69 Å². The van der Waals surface area contributed by atoms with Crippen LogP contribution in [0.2, 0.25) is 0 Å². The lowest BCUT2D eigenvalue weighted by Gasteiger charge is -2.25. The number of carbonyl (C=O) groups is 1. The standard InChI is InChI=1S/C30H25N7O3/c1-17-25(18(2)40-36-17)22-15-19(16-31)13-14-23(22)30(3)37-35-29(39-30)34-27-28(38)32-24-12-8-7-11-21(24)26(33-27)20-9-5-4-6-10-20/h4-15,27,37H,1-3H3,(H,32,38)(H,34,35)/t27-,30?/m1/s1. The summed E-state index contributed by atoms with van der Waals surface area (Å²) in [6, 6.07) is 24.8. The number of aromatic nitrogens is 1. The normalized spacial score (nSPS) is 20.9. The SMILES string of the molecule is Cc1noc(C)c1-c1cc(C#N)ccc1C1(C)NN/C(=N\[C@H]2N=C(c3ccccc3)c3ccccc3NC2=O)O1. The number of ether oxygens (including phenoxy) is 1. The fourth-order valence-electron chi connectivity index (χ4n) is 4.97. The van der Waals surface area contributed by atoms with Crippen LogP contribution in [0, 0.1) is 25.2 Å². The first-order valence-electron chi connectivity index (χ1n) is 12.7. The van der Waals surface area contributed by atoms with E-state index in [0.29, 0.717) is 28.4 Å². The number of nitrogens with one attached hydrogen (secondary N) is 3. The molecule has 4 aromatic rings. The maximum Gasteiger partial charge on any atom is 0.304 e. The maximum absolute atomic E-state index is 13.3. The van der Waals surface area contributed by atoms with Crippen molar-refractivity contribution < 1.29 is 14.1 Å². The molecule has 3 aromatic carbocycles. The van der Waals surface area contributed by atoms with E-state index in [9.17, 15) is 10.1 Å². The number of amides is 1. The van der Waals surface area contributed by atoms with Crippen LogP contribution in [-0.4, -0.2) is 29.0 Å². The molecule has 1 fully saturated rings. The van der Waals surface area contributed by atoms with Crippen molar-refractivity contribution in [3.05, 3.63) is 107 Å². The van der Waals surface area contributed by atoms with Crippen LogP contribution in [0.15, 0.2) is 87.3 Å². The lowest BCUT2D eigenvalue weighted by molar-refractivity contribution is -0.117. The van der Waals surface area contributed by atoms with Crippen LogP contribution in [0.1, 0.15) is 40.6 Å². The van der Waals surface area contributed by atoms with Gasteiger partial charge in [0.15, 0.2) is 0 Å². The zero-order chi connectivity index (χ0) is 27.9. The minimum absolute atomic E-state index is 0.0961. The van der Waals surface area contributed by atoms with E-state index in [1.54, 1.807) is 12.1 Å². The van der Waals surface area contributed by atoms with Crippen LogP contribution >= 0.6 is 0 Å². The van der Waals surface area contributed by atoms with Gasteiger partial charge >= 0.3 is 6.02 Å². The Hall–Kier alpha value is -5.27. The molecule has 1 amide bonds. The van der Waals surface area contributed by atoms with Crippen molar-refractivity contribution in [3.63, 3.8) is 0 Å². The number of hydrazine groups is 1. The highest BCUT2D eigenvalue weighted by molar-refractivity contribution is 6.19. The summed E-state index contributed by atoms with van der Waals surface area (Å²) in [7, 11) is 0. The monoisotopic (exact) mass is 531 g/mol. The Labute approximate surface area is 230 Å².